The molecule has 2 aliphatic rings. The normalized spacial score (nSPS) is 17.9. The Kier molecular flexibility index (Phi) is 6.60. The summed E-state index contributed by atoms with van der Waals surface area (Å²) in [5, 5.41) is 3.33. The topological polar surface area (TPSA) is 68.9 Å². The highest BCUT2D eigenvalue weighted by molar-refractivity contribution is 14.0. The van der Waals surface area contributed by atoms with Crippen LogP contribution in [0.1, 0.15) is 37.7 Å². The number of aliphatic imine (C=N–C) groups is 1. The number of nitrogens with zero attached hydrogens (tertiary/aromatic N) is 1. The Bertz CT molecular complexity index is 516. The Hall–Kier alpha value is -1.18. The molecule has 6 heteroatoms. The second kappa shape index (κ2) is 8.45. The fourth-order valence-electron chi connectivity index (χ4n) is 2.90. The van der Waals surface area contributed by atoms with Crippen LogP contribution >= 0.6 is 24.0 Å². The van der Waals surface area contributed by atoms with Crippen molar-refractivity contribution < 1.29 is 9.47 Å². The monoisotopic (exact) mass is 417 g/mol. The number of guanidine groups is 1. The lowest BCUT2D eigenvalue weighted by Crippen LogP contribution is -2.41. The number of hydrogen-bond donors (Lipinski definition) is 2. The van der Waals surface area contributed by atoms with E-state index in [2.05, 4.69) is 10.3 Å². The van der Waals surface area contributed by atoms with E-state index in [1.54, 1.807) is 0 Å². The molecule has 0 atom stereocenters. The van der Waals surface area contributed by atoms with Crippen molar-refractivity contribution >= 4 is 29.9 Å². The van der Waals surface area contributed by atoms with Gasteiger partial charge in [0.2, 0.25) is 6.79 Å². The third-order valence-corrected chi connectivity index (χ3v) is 4.08. The molecule has 3 N–H and O–H groups in total. The number of nitrogens with two attached hydrogens (primary N) is 1. The average Bonchev–Trinajstić information content (AvgIpc) is 2.96. The van der Waals surface area contributed by atoms with Crippen molar-refractivity contribution in [1.29, 1.82) is 0 Å². The molecular weight excluding hydrogens is 393 g/mol. The number of benzene rings is 1. The summed E-state index contributed by atoms with van der Waals surface area (Å²) < 4.78 is 10.7. The van der Waals surface area contributed by atoms with Gasteiger partial charge >= 0.3 is 0 Å². The second-order valence-corrected chi connectivity index (χ2v) is 5.68. The maximum atomic E-state index is 5.95. The van der Waals surface area contributed by atoms with E-state index in [4.69, 9.17) is 15.2 Å². The highest BCUT2D eigenvalue weighted by Crippen LogP contribution is 2.32. The maximum Gasteiger partial charge on any atom is 0.231 e. The second-order valence-electron chi connectivity index (χ2n) is 5.68. The molecule has 0 aromatic heterocycles. The molecule has 0 amide bonds. The van der Waals surface area contributed by atoms with E-state index in [-0.39, 0.29) is 24.0 Å². The molecule has 122 valence electrons. The lowest BCUT2D eigenvalue weighted by molar-refractivity contribution is 0.174. The molecule has 1 fully saturated rings. The van der Waals surface area contributed by atoms with Crippen LogP contribution in [-0.4, -0.2) is 25.3 Å². The van der Waals surface area contributed by atoms with Gasteiger partial charge in [-0.05, 0) is 37.0 Å². The summed E-state index contributed by atoms with van der Waals surface area (Å²) in [7, 11) is 0. The molecule has 1 aromatic rings. The van der Waals surface area contributed by atoms with Crippen LogP contribution < -0.4 is 20.5 Å². The first-order valence-corrected chi connectivity index (χ1v) is 7.76. The molecule has 22 heavy (non-hydrogen) atoms. The lowest BCUT2D eigenvalue weighted by atomic mass is 9.96. The van der Waals surface area contributed by atoms with Crippen molar-refractivity contribution in [2.45, 2.75) is 44.6 Å². The van der Waals surface area contributed by atoms with Crippen LogP contribution in [0.25, 0.3) is 0 Å². The third-order valence-electron chi connectivity index (χ3n) is 4.08. The molecule has 1 heterocycles. The first-order valence-electron chi connectivity index (χ1n) is 7.76. The summed E-state index contributed by atoms with van der Waals surface area (Å²) in [6.07, 6.45) is 7.20. The summed E-state index contributed by atoms with van der Waals surface area (Å²) in [5.74, 6) is 2.22. The first-order chi connectivity index (χ1) is 10.3. The molecule has 0 unspecified atom stereocenters. The van der Waals surface area contributed by atoms with Gasteiger partial charge in [0, 0.05) is 12.6 Å². The van der Waals surface area contributed by atoms with Crippen LogP contribution in [0.4, 0.5) is 0 Å². The molecule has 0 spiro atoms. The summed E-state index contributed by atoms with van der Waals surface area (Å²) in [6, 6.07) is 6.52. The predicted octanol–water partition coefficient (Wildman–Crippen LogP) is 2.81. The lowest BCUT2D eigenvalue weighted by Gasteiger charge is -2.23. The third kappa shape index (κ3) is 4.66. The molecule has 5 nitrogen and oxygen atoms in total. The number of fused-ring (bicyclic) bond motifs is 1. The average molecular weight is 417 g/mol. The van der Waals surface area contributed by atoms with Crippen molar-refractivity contribution in [3.05, 3.63) is 23.8 Å². The molecule has 1 aromatic carbocycles. The maximum absolute atomic E-state index is 5.95. The van der Waals surface area contributed by atoms with Gasteiger partial charge < -0.3 is 20.5 Å². The highest BCUT2D eigenvalue weighted by atomic mass is 127. The van der Waals surface area contributed by atoms with Crippen molar-refractivity contribution in [2.24, 2.45) is 10.7 Å². The van der Waals surface area contributed by atoms with Crippen molar-refractivity contribution in [3.63, 3.8) is 0 Å². The predicted molar refractivity (Wildman–Crippen MR) is 98.2 cm³/mol. The molecule has 0 radical (unpaired) electrons. The zero-order chi connectivity index (χ0) is 14.5. The van der Waals surface area contributed by atoms with Gasteiger partial charge in [-0.15, -0.1) is 24.0 Å². The van der Waals surface area contributed by atoms with E-state index < -0.39 is 0 Å². The van der Waals surface area contributed by atoms with E-state index in [9.17, 15) is 0 Å². The molecule has 0 bridgehead atoms. The highest BCUT2D eigenvalue weighted by Gasteiger charge is 2.14. The van der Waals surface area contributed by atoms with Gasteiger partial charge in [-0.2, -0.15) is 0 Å². The molecule has 1 aliphatic heterocycles. The van der Waals surface area contributed by atoms with Gasteiger partial charge in [0.05, 0.1) is 0 Å². The van der Waals surface area contributed by atoms with Crippen LogP contribution in [-0.2, 0) is 6.42 Å². The van der Waals surface area contributed by atoms with Gasteiger partial charge in [0.25, 0.3) is 0 Å². The number of hydrogen-bond acceptors (Lipinski definition) is 3. The summed E-state index contributed by atoms with van der Waals surface area (Å²) in [6.45, 7) is 1.00. The van der Waals surface area contributed by atoms with E-state index in [0.29, 0.717) is 25.3 Å². The zero-order valence-corrected chi connectivity index (χ0v) is 15.0. The zero-order valence-electron chi connectivity index (χ0n) is 12.7. The van der Waals surface area contributed by atoms with Gasteiger partial charge in [-0.1, -0.05) is 25.3 Å². The van der Waals surface area contributed by atoms with E-state index in [1.807, 2.05) is 18.2 Å². The van der Waals surface area contributed by atoms with E-state index >= 15 is 0 Å². The summed E-state index contributed by atoms with van der Waals surface area (Å²) in [5.41, 5.74) is 7.14. The minimum absolute atomic E-state index is 0. The Balaban J connectivity index is 0.00000176. The standard InChI is InChI=1S/C16H23N3O2.HI/c17-16(19-13-4-2-1-3-5-13)18-9-8-12-6-7-14-15(10-12)21-11-20-14;/h6-7,10,13H,1-5,8-9,11H2,(H3,17,18,19);1H. The number of ether oxygens (including phenoxy) is 2. The number of rotatable bonds is 4. The Morgan fingerprint density at radius 3 is 2.77 bits per heavy atom. The number of nitrogens with one attached hydrogen (secondary N) is 1. The van der Waals surface area contributed by atoms with Crippen LogP contribution in [0.15, 0.2) is 23.2 Å². The van der Waals surface area contributed by atoms with Crippen molar-refractivity contribution in [2.75, 3.05) is 13.3 Å². The SMILES string of the molecule is I.NC(=NCCc1ccc2c(c1)OCO2)NC1CCCCC1. The van der Waals surface area contributed by atoms with Gasteiger partial charge in [-0.25, -0.2) is 0 Å². The van der Waals surface area contributed by atoms with Crippen LogP contribution in [0, 0.1) is 0 Å². The van der Waals surface area contributed by atoms with E-state index in [0.717, 1.165) is 17.9 Å². The summed E-state index contributed by atoms with van der Waals surface area (Å²) in [4.78, 5) is 4.42. The molecule has 3 rings (SSSR count). The van der Waals surface area contributed by atoms with Crippen LogP contribution in [0.5, 0.6) is 11.5 Å². The minimum atomic E-state index is 0. The smallest absolute Gasteiger partial charge is 0.231 e. The Morgan fingerprint density at radius 2 is 1.95 bits per heavy atom. The molecule has 1 saturated carbocycles. The molecule has 0 saturated heterocycles. The number of halogens is 1. The molecular formula is C16H24IN3O2. The quantitative estimate of drug-likeness (QED) is 0.449. The van der Waals surface area contributed by atoms with Crippen LogP contribution in [0.3, 0.4) is 0 Å². The van der Waals surface area contributed by atoms with Gasteiger partial charge in [0.15, 0.2) is 17.5 Å². The van der Waals surface area contributed by atoms with Gasteiger partial charge in [-0.3, -0.25) is 4.99 Å². The van der Waals surface area contributed by atoms with Gasteiger partial charge in [0.1, 0.15) is 0 Å². The Labute approximate surface area is 148 Å². The molecule has 1 aliphatic carbocycles. The largest absolute Gasteiger partial charge is 0.454 e. The minimum Gasteiger partial charge on any atom is -0.454 e. The fraction of sp³-hybridized carbons (Fsp3) is 0.562. The Morgan fingerprint density at radius 1 is 1.18 bits per heavy atom. The van der Waals surface area contributed by atoms with Crippen LogP contribution in [0.2, 0.25) is 0 Å². The first kappa shape index (κ1) is 17.2. The van der Waals surface area contributed by atoms with Crippen molar-refractivity contribution in [1.82, 2.24) is 5.32 Å². The fourth-order valence-corrected chi connectivity index (χ4v) is 2.90. The van der Waals surface area contributed by atoms with E-state index in [1.165, 1.54) is 37.7 Å². The van der Waals surface area contributed by atoms with Crippen molar-refractivity contribution in [3.8, 4) is 11.5 Å². The summed E-state index contributed by atoms with van der Waals surface area (Å²) >= 11 is 0.